The smallest absolute Gasteiger partial charge is 0.224 e. The summed E-state index contributed by atoms with van der Waals surface area (Å²) in [5.74, 6) is -11.8. The molecule has 516 valence electrons. The SMILES string of the molecule is CC[C@H](CCCN=C(N)N)C(=O)N[C@H](CCCN=C(N)N)C(=O)C[C@H](CCCN=C(N)N)C(=O)N[C@H](CCCN=C(N)N)C(=O)C[C@H](CCCN=C(N)N)C(=O)N[C@H](CCCN=C(N)N)C(=O)C[C@H](CCCN=C(N)N)C(=O)N[C@H](CC)C(=O)C[C@H](CS)C(N)=O. The second-order valence-electron chi connectivity index (χ2n) is 22.0. The van der Waals surface area contributed by atoms with Crippen molar-refractivity contribution in [3.8, 4) is 0 Å². The second-order valence-corrected chi connectivity index (χ2v) is 22.3. The summed E-state index contributed by atoms with van der Waals surface area (Å²) in [7, 11) is 0. The fourth-order valence-corrected chi connectivity index (χ4v) is 9.81. The zero-order valence-electron chi connectivity index (χ0n) is 52.9. The van der Waals surface area contributed by atoms with E-state index in [1.807, 2.05) is 6.92 Å². The summed E-state index contributed by atoms with van der Waals surface area (Å²) in [6.07, 6.45) is 0.835. The number of rotatable bonds is 52. The Kier molecular flexibility index (Phi) is 42.7. The number of carbonyl (C=O) groups is 9. The molecular weight excluding hydrogens is 1200 g/mol. The van der Waals surface area contributed by atoms with Crippen LogP contribution >= 0.6 is 12.6 Å². The van der Waals surface area contributed by atoms with Crippen LogP contribution in [0.5, 0.6) is 0 Å². The van der Waals surface area contributed by atoms with Crippen LogP contribution in [-0.4, -0.2) is 170 Å². The molecule has 0 aromatic rings. The molecule has 34 N–H and O–H groups in total. The van der Waals surface area contributed by atoms with E-state index in [-0.39, 0.29) is 183 Å². The van der Waals surface area contributed by atoms with Crippen LogP contribution in [0.15, 0.2) is 34.9 Å². The molecule has 36 heteroatoms. The van der Waals surface area contributed by atoms with Gasteiger partial charge in [0.1, 0.15) is 0 Å². The number of ketones is 4. The minimum absolute atomic E-state index is 0.0112. The van der Waals surface area contributed by atoms with Crippen molar-refractivity contribution in [3.05, 3.63) is 0 Å². The molecule has 0 saturated carbocycles. The molecule has 0 aliphatic carbocycles. The highest BCUT2D eigenvalue weighted by Gasteiger charge is 2.35. The van der Waals surface area contributed by atoms with E-state index in [1.165, 1.54) is 0 Å². The predicted octanol–water partition coefficient (Wildman–Crippen LogP) is -5.55. The lowest BCUT2D eigenvalue weighted by atomic mass is 9.88. The summed E-state index contributed by atoms with van der Waals surface area (Å²) in [5, 5.41) is 11.2. The first-order chi connectivity index (χ1) is 42.9. The summed E-state index contributed by atoms with van der Waals surface area (Å²) in [6.45, 7) is 4.10. The van der Waals surface area contributed by atoms with Gasteiger partial charge in [0.25, 0.3) is 0 Å². The maximum Gasteiger partial charge on any atom is 0.224 e. The highest BCUT2D eigenvalue weighted by atomic mass is 32.1. The van der Waals surface area contributed by atoms with E-state index in [9.17, 15) is 43.2 Å². The van der Waals surface area contributed by atoms with Crippen molar-refractivity contribution in [2.75, 3.05) is 51.6 Å². The molecule has 0 spiro atoms. The Labute approximate surface area is 538 Å². The van der Waals surface area contributed by atoms with Crippen molar-refractivity contribution in [1.29, 1.82) is 0 Å². The quantitative estimate of drug-likeness (QED) is 0.0117. The molecule has 0 aliphatic rings. The van der Waals surface area contributed by atoms with Gasteiger partial charge in [-0.1, -0.05) is 13.8 Å². The first-order valence-electron chi connectivity index (χ1n) is 30.6. The van der Waals surface area contributed by atoms with Gasteiger partial charge in [-0.25, -0.2) is 0 Å². The Morgan fingerprint density at radius 3 is 0.725 bits per heavy atom. The van der Waals surface area contributed by atoms with E-state index in [1.54, 1.807) is 6.92 Å². The van der Waals surface area contributed by atoms with Crippen molar-refractivity contribution >= 4 is 107 Å². The highest BCUT2D eigenvalue weighted by molar-refractivity contribution is 7.80. The fraction of sp³-hybridized carbons (Fsp3) is 0.709. The summed E-state index contributed by atoms with van der Waals surface area (Å²) >= 11 is 4.13. The number of hydrogen-bond acceptors (Lipinski definition) is 17. The predicted molar refractivity (Wildman–Crippen MR) is 357 cm³/mol. The number of primary amides is 1. The topological polar surface area (TPSA) is 679 Å². The molecule has 91 heavy (non-hydrogen) atoms. The maximum absolute atomic E-state index is 14.9. The highest BCUT2D eigenvalue weighted by Crippen LogP contribution is 2.23. The third-order valence-electron chi connectivity index (χ3n) is 14.5. The van der Waals surface area contributed by atoms with Crippen molar-refractivity contribution in [1.82, 2.24) is 21.3 Å². The van der Waals surface area contributed by atoms with Gasteiger partial charge in [0.15, 0.2) is 64.8 Å². The van der Waals surface area contributed by atoms with Crippen molar-refractivity contribution in [3.63, 3.8) is 0 Å². The van der Waals surface area contributed by atoms with Gasteiger partial charge in [0.2, 0.25) is 29.5 Å². The first-order valence-corrected chi connectivity index (χ1v) is 31.2. The van der Waals surface area contributed by atoms with Crippen LogP contribution in [-0.2, 0) is 43.2 Å². The number of hydrogen-bond donors (Lipinski definition) is 20. The van der Waals surface area contributed by atoms with E-state index in [4.69, 9.17) is 86.0 Å². The third kappa shape index (κ3) is 39.1. The number of carbonyl (C=O) groups excluding carboxylic acids is 9. The molecule has 0 aromatic carbocycles. The molecule has 5 amide bonds. The molecule has 0 saturated heterocycles. The van der Waals surface area contributed by atoms with Crippen LogP contribution in [0.4, 0.5) is 0 Å². The molecule has 0 aliphatic heterocycles. The molecule has 35 nitrogen and oxygen atoms in total. The fourth-order valence-electron chi connectivity index (χ4n) is 9.50. The second kappa shape index (κ2) is 47.3. The molecule has 0 rings (SSSR count). The van der Waals surface area contributed by atoms with E-state index in [2.05, 4.69) is 68.8 Å². The van der Waals surface area contributed by atoms with Gasteiger partial charge < -0.3 is 107 Å². The zero-order valence-corrected chi connectivity index (χ0v) is 53.8. The largest absolute Gasteiger partial charge is 0.370 e. The third-order valence-corrected chi connectivity index (χ3v) is 14.9. The van der Waals surface area contributed by atoms with Gasteiger partial charge in [-0.3, -0.25) is 78.1 Å². The zero-order chi connectivity index (χ0) is 69.0. The first kappa shape index (κ1) is 82.3. The van der Waals surface area contributed by atoms with Crippen LogP contribution in [0, 0.1) is 29.6 Å². The number of Topliss-reactive ketones (excluding diaryl/α,β-unsaturated/α-hetero) is 4. The van der Waals surface area contributed by atoms with Crippen LogP contribution in [0.25, 0.3) is 0 Å². The lowest BCUT2D eigenvalue weighted by molar-refractivity contribution is -0.136. The molecular formula is C55H106N26O9S. The van der Waals surface area contributed by atoms with Crippen LogP contribution in [0.3, 0.4) is 0 Å². The Morgan fingerprint density at radius 1 is 0.297 bits per heavy atom. The van der Waals surface area contributed by atoms with Gasteiger partial charge in [-0.05, 0) is 103 Å². The van der Waals surface area contributed by atoms with Crippen molar-refractivity contribution < 1.29 is 43.2 Å². The molecule has 0 heterocycles. The van der Waals surface area contributed by atoms with E-state index in [0.717, 1.165) is 0 Å². The van der Waals surface area contributed by atoms with Crippen LogP contribution < -0.4 is 107 Å². The van der Waals surface area contributed by atoms with Gasteiger partial charge in [0.05, 0.1) is 30.1 Å². The Hall–Kier alpha value is -8.73. The average molecular weight is 1310 g/mol. The van der Waals surface area contributed by atoms with Crippen LogP contribution in [0.1, 0.15) is 142 Å². The summed E-state index contributed by atoms with van der Waals surface area (Å²) < 4.78 is 0. The standard InChI is InChI=1S/C55H106N26O9S/c1-3-31(12-5-19-71-49(57)58)45(87)79-37(16-9-23-75-53(65)66)41(83)27-33(14-7-21-73-51(61)62)47(89)81-39(18-11-25-77-55(69)70)43(85)28-34(15-8-22-74-52(63)64)48(90)80-38(17-10-24-76-54(67)68)42(84)26-32(13-6-20-72-50(59)60)46(88)78-36(4-2)40(82)29-35(30-91)44(56)86/h31-39,91H,3-30H2,1-2H3,(H2,56,86)(H,78,88)(H,79,87)(H,80,90)(H,81,89)(H4,57,58,71)(H4,59,60,72)(H4,61,62,73)(H4,63,64,74)(H4,65,66,75)(H4,67,68,76)(H4,69,70,77)/t31-,32+,33+,34+,35-,36-,37-,38-,39-/m1/s1. The number of nitrogens with zero attached hydrogens (tertiary/aromatic N) is 7. The summed E-state index contributed by atoms with van der Waals surface area (Å²) in [4.78, 5) is 155. The average Bonchev–Trinajstić information content (AvgIpc) is 1.38. The van der Waals surface area contributed by atoms with Gasteiger partial charge in [-0.15, -0.1) is 0 Å². The van der Waals surface area contributed by atoms with Crippen molar-refractivity contribution in [2.45, 2.75) is 166 Å². The molecule has 0 unspecified atom stereocenters. The minimum atomic E-state index is -1.32. The number of amides is 5. The molecule has 0 fully saturated rings. The van der Waals surface area contributed by atoms with Gasteiger partial charge >= 0.3 is 0 Å². The van der Waals surface area contributed by atoms with E-state index >= 15 is 0 Å². The van der Waals surface area contributed by atoms with Gasteiger partial charge in [-0.2, -0.15) is 12.6 Å². The van der Waals surface area contributed by atoms with Crippen molar-refractivity contribution in [2.24, 2.45) is 151 Å². The van der Waals surface area contributed by atoms with E-state index in [0.29, 0.717) is 19.3 Å². The maximum atomic E-state index is 14.9. The summed E-state index contributed by atoms with van der Waals surface area (Å²) in [5.41, 5.74) is 83.5. The Bertz CT molecular complexity index is 2520. The lowest BCUT2D eigenvalue weighted by Gasteiger charge is -2.27. The molecule has 0 radical (unpaired) electrons. The number of nitrogens with two attached hydrogens (primary N) is 15. The molecule has 0 aromatic heterocycles. The number of guanidine groups is 7. The Balaban J connectivity index is 7.57. The monoisotopic (exact) mass is 1310 g/mol. The van der Waals surface area contributed by atoms with E-state index < -0.39 is 126 Å². The Morgan fingerprint density at radius 2 is 0.505 bits per heavy atom. The molecule has 9 atom stereocenters. The lowest BCUT2D eigenvalue weighted by Crippen LogP contribution is -2.49. The number of thiol groups is 1. The normalized spacial score (nSPS) is 13.8. The number of nitrogens with one attached hydrogen (secondary N) is 4. The number of aliphatic imine (C=N–C) groups is 7. The summed E-state index contributed by atoms with van der Waals surface area (Å²) in [6, 6.07) is -4.80. The van der Waals surface area contributed by atoms with Gasteiger partial charge in [0, 0.05) is 101 Å². The van der Waals surface area contributed by atoms with Crippen LogP contribution in [0.2, 0.25) is 0 Å². The molecule has 0 bridgehead atoms. The minimum Gasteiger partial charge on any atom is -0.370 e.